The first kappa shape index (κ1) is 13.0. The second-order valence-electron chi connectivity index (χ2n) is 3.85. The molecular weight excluding hydrogens is 224 g/mol. The third-order valence-corrected chi connectivity index (χ3v) is 5.00. The van der Waals surface area contributed by atoms with Crippen molar-refractivity contribution in [3.05, 3.63) is 29.8 Å². The molecule has 0 aliphatic rings. The first-order chi connectivity index (χ1) is 7.38. The highest BCUT2D eigenvalue weighted by Gasteiger charge is 2.26. The summed E-state index contributed by atoms with van der Waals surface area (Å²) >= 11 is 0. The van der Waals surface area contributed by atoms with Crippen LogP contribution in [-0.2, 0) is 9.84 Å². The molecule has 1 aromatic rings. The molecule has 5 heteroatoms. The molecule has 0 heterocycles. The van der Waals surface area contributed by atoms with Gasteiger partial charge in [-0.1, -0.05) is 19.1 Å². The standard InChI is InChI=1S/C11H18N2O2S/c1-3-16(14,15)8(2)11(13)9-5-4-6-10(12)7-9/h4-8,11H,3,12-13H2,1-2H3/t8-,11+/m1/s1. The first-order valence-corrected chi connectivity index (χ1v) is 6.92. The Labute approximate surface area is 96.6 Å². The van der Waals surface area contributed by atoms with Crippen LogP contribution < -0.4 is 11.5 Å². The quantitative estimate of drug-likeness (QED) is 0.774. The molecular formula is C11H18N2O2S. The van der Waals surface area contributed by atoms with Gasteiger partial charge in [-0.15, -0.1) is 0 Å². The van der Waals surface area contributed by atoms with E-state index in [1.165, 1.54) is 0 Å². The van der Waals surface area contributed by atoms with Crippen LogP contribution >= 0.6 is 0 Å². The highest BCUT2D eigenvalue weighted by atomic mass is 32.2. The topological polar surface area (TPSA) is 86.2 Å². The van der Waals surface area contributed by atoms with E-state index in [1.807, 2.05) is 0 Å². The second-order valence-corrected chi connectivity index (χ2v) is 6.50. The van der Waals surface area contributed by atoms with Gasteiger partial charge in [-0.05, 0) is 24.6 Å². The Kier molecular flexibility index (Phi) is 3.93. The molecule has 0 aromatic heterocycles. The van der Waals surface area contributed by atoms with Crippen molar-refractivity contribution < 1.29 is 8.42 Å². The number of benzene rings is 1. The molecule has 0 saturated heterocycles. The van der Waals surface area contributed by atoms with Gasteiger partial charge in [0.05, 0.1) is 5.25 Å². The van der Waals surface area contributed by atoms with Crippen LogP contribution in [0.25, 0.3) is 0 Å². The van der Waals surface area contributed by atoms with Gasteiger partial charge in [-0.2, -0.15) is 0 Å². The van der Waals surface area contributed by atoms with Gasteiger partial charge >= 0.3 is 0 Å². The van der Waals surface area contributed by atoms with Crippen LogP contribution in [0.4, 0.5) is 5.69 Å². The van der Waals surface area contributed by atoms with Crippen molar-refractivity contribution in [3.8, 4) is 0 Å². The minimum Gasteiger partial charge on any atom is -0.399 e. The molecule has 0 aliphatic heterocycles. The summed E-state index contributed by atoms with van der Waals surface area (Å²) in [7, 11) is -3.12. The number of nitrogen functional groups attached to an aromatic ring is 1. The van der Waals surface area contributed by atoms with Crippen LogP contribution in [0.2, 0.25) is 0 Å². The fourth-order valence-electron chi connectivity index (χ4n) is 1.52. The minimum absolute atomic E-state index is 0.101. The monoisotopic (exact) mass is 242 g/mol. The number of sulfone groups is 1. The van der Waals surface area contributed by atoms with Gasteiger partial charge in [0.1, 0.15) is 0 Å². The molecule has 1 aromatic carbocycles. The van der Waals surface area contributed by atoms with E-state index < -0.39 is 21.1 Å². The van der Waals surface area contributed by atoms with Crippen molar-refractivity contribution in [2.75, 3.05) is 11.5 Å². The molecule has 2 atom stereocenters. The lowest BCUT2D eigenvalue weighted by Gasteiger charge is -2.20. The maximum atomic E-state index is 11.7. The molecule has 0 amide bonds. The van der Waals surface area contributed by atoms with E-state index >= 15 is 0 Å². The summed E-state index contributed by atoms with van der Waals surface area (Å²) in [6.07, 6.45) is 0. The molecule has 16 heavy (non-hydrogen) atoms. The maximum Gasteiger partial charge on any atom is 0.154 e. The minimum atomic E-state index is -3.12. The third-order valence-electron chi connectivity index (χ3n) is 2.77. The predicted molar refractivity (Wildman–Crippen MR) is 66.7 cm³/mol. The van der Waals surface area contributed by atoms with Crippen LogP contribution in [0.3, 0.4) is 0 Å². The number of hydrogen-bond acceptors (Lipinski definition) is 4. The number of rotatable bonds is 4. The van der Waals surface area contributed by atoms with E-state index in [2.05, 4.69) is 0 Å². The SMILES string of the molecule is CCS(=O)(=O)[C@H](C)[C@H](N)c1cccc(N)c1. The van der Waals surface area contributed by atoms with Crippen molar-refractivity contribution in [2.45, 2.75) is 25.1 Å². The Balaban J connectivity index is 2.99. The molecule has 0 aliphatic carbocycles. The Morgan fingerprint density at radius 2 is 2.00 bits per heavy atom. The van der Waals surface area contributed by atoms with Crippen LogP contribution in [-0.4, -0.2) is 19.4 Å². The van der Waals surface area contributed by atoms with E-state index in [0.717, 1.165) is 5.56 Å². The van der Waals surface area contributed by atoms with E-state index in [4.69, 9.17) is 11.5 Å². The largest absolute Gasteiger partial charge is 0.399 e. The number of anilines is 1. The molecule has 1 rings (SSSR count). The lowest BCUT2D eigenvalue weighted by atomic mass is 10.0. The summed E-state index contributed by atoms with van der Waals surface area (Å²) in [5.41, 5.74) is 12.9. The zero-order valence-electron chi connectivity index (χ0n) is 9.55. The molecule has 0 unspecified atom stereocenters. The Bertz CT molecular complexity index is 457. The highest BCUT2D eigenvalue weighted by Crippen LogP contribution is 2.21. The fraction of sp³-hybridized carbons (Fsp3) is 0.455. The predicted octanol–water partition coefficient (Wildman–Crippen LogP) is 1.09. The van der Waals surface area contributed by atoms with Gasteiger partial charge < -0.3 is 11.5 Å². The Hall–Kier alpha value is -1.07. The summed E-state index contributed by atoms with van der Waals surface area (Å²) in [6, 6.07) is 6.49. The summed E-state index contributed by atoms with van der Waals surface area (Å²) in [6.45, 7) is 3.25. The fourth-order valence-corrected chi connectivity index (χ4v) is 2.65. The molecule has 0 bridgehead atoms. The van der Waals surface area contributed by atoms with Crippen LogP contribution in [0.1, 0.15) is 25.5 Å². The van der Waals surface area contributed by atoms with E-state index in [1.54, 1.807) is 38.1 Å². The van der Waals surface area contributed by atoms with Crippen molar-refractivity contribution in [1.82, 2.24) is 0 Å². The van der Waals surface area contributed by atoms with Crippen molar-refractivity contribution in [3.63, 3.8) is 0 Å². The second kappa shape index (κ2) is 4.84. The summed E-state index contributed by atoms with van der Waals surface area (Å²) in [5, 5.41) is -0.598. The summed E-state index contributed by atoms with van der Waals surface area (Å²) in [4.78, 5) is 0. The normalized spacial score (nSPS) is 15.7. The molecule has 0 spiro atoms. The van der Waals surface area contributed by atoms with Crippen LogP contribution in [0, 0.1) is 0 Å². The Morgan fingerprint density at radius 3 is 2.50 bits per heavy atom. The van der Waals surface area contributed by atoms with Gasteiger partial charge in [0, 0.05) is 17.5 Å². The van der Waals surface area contributed by atoms with Crippen molar-refractivity contribution >= 4 is 15.5 Å². The van der Waals surface area contributed by atoms with E-state index in [9.17, 15) is 8.42 Å². The van der Waals surface area contributed by atoms with Gasteiger partial charge in [0.15, 0.2) is 9.84 Å². The van der Waals surface area contributed by atoms with E-state index in [0.29, 0.717) is 5.69 Å². The van der Waals surface area contributed by atoms with Gasteiger partial charge in [0.2, 0.25) is 0 Å². The van der Waals surface area contributed by atoms with Crippen molar-refractivity contribution in [1.29, 1.82) is 0 Å². The zero-order chi connectivity index (χ0) is 12.3. The highest BCUT2D eigenvalue weighted by molar-refractivity contribution is 7.92. The van der Waals surface area contributed by atoms with E-state index in [-0.39, 0.29) is 5.75 Å². The molecule has 4 nitrogen and oxygen atoms in total. The summed E-state index contributed by atoms with van der Waals surface area (Å²) in [5.74, 6) is 0.101. The zero-order valence-corrected chi connectivity index (χ0v) is 10.4. The van der Waals surface area contributed by atoms with Crippen molar-refractivity contribution in [2.24, 2.45) is 5.73 Å². The number of hydrogen-bond donors (Lipinski definition) is 2. The third kappa shape index (κ3) is 2.74. The van der Waals surface area contributed by atoms with Gasteiger partial charge in [0.25, 0.3) is 0 Å². The molecule has 0 radical (unpaired) electrons. The average Bonchev–Trinajstić information content (AvgIpc) is 2.27. The number of nitrogens with two attached hydrogens (primary N) is 2. The lowest BCUT2D eigenvalue weighted by Crippen LogP contribution is -2.32. The van der Waals surface area contributed by atoms with Gasteiger partial charge in [-0.25, -0.2) is 8.42 Å². The van der Waals surface area contributed by atoms with Crippen LogP contribution in [0.5, 0.6) is 0 Å². The molecule has 0 fully saturated rings. The molecule has 4 N–H and O–H groups in total. The summed E-state index contributed by atoms with van der Waals surface area (Å²) < 4.78 is 23.4. The van der Waals surface area contributed by atoms with Gasteiger partial charge in [-0.3, -0.25) is 0 Å². The average molecular weight is 242 g/mol. The maximum absolute atomic E-state index is 11.7. The smallest absolute Gasteiger partial charge is 0.154 e. The Morgan fingerprint density at radius 1 is 1.38 bits per heavy atom. The van der Waals surface area contributed by atoms with Crippen LogP contribution in [0.15, 0.2) is 24.3 Å². The first-order valence-electron chi connectivity index (χ1n) is 5.21. The molecule has 0 saturated carbocycles. The lowest BCUT2D eigenvalue weighted by molar-refractivity contribution is 0.566. The molecule has 90 valence electrons.